The Labute approximate surface area is 161 Å². The van der Waals surface area contributed by atoms with E-state index in [9.17, 15) is 9.18 Å². The number of hydrogen-bond donors (Lipinski definition) is 1. The lowest BCUT2D eigenvalue weighted by Gasteiger charge is -2.30. The molecular formula is C24H16FNO2. The summed E-state index contributed by atoms with van der Waals surface area (Å²) in [7, 11) is 0. The third-order valence-corrected chi connectivity index (χ3v) is 6.02. The number of fused-ring (bicyclic) bond motifs is 5. The van der Waals surface area contributed by atoms with Crippen molar-refractivity contribution < 1.29 is 13.9 Å². The number of esters is 1. The molecule has 1 unspecified atom stereocenters. The van der Waals surface area contributed by atoms with Gasteiger partial charge in [0, 0.05) is 17.2 Å². The number of cyclic esters (lactones) is 1. The zero-order valence-corrected chi connectivity index (χ0v) is 15.0. The van der Waals surface area contributed by atoms with E-state index < -0.39 is 0 Å². The molecule has 3 aliphatic rings. The summed E-state index contributed by atoms with van der Waals surface area (Å²) in [5.41, 5.74) is 9.59. The molecule has 136 valence electrons. The van der Waals surface area contributed by atoms with Crippen LogP contribution >= 0.6 is 0 Å². The molecular weight excluding hydrogens is 353 g/mol. The van der Waals surface area contributed by atoms with Crippen molar-refractivity contribution in [2.45, 2.75) is 12.3 Å². The molecule has 3 nitrogen and oxygen atoms in total. The predicted octanol–water partition coefficient (Wildman–Crippen LogP) is 4.77. The van der Waals surface area contributed by atoms with Gasteiger partial charge in [0.2, 0.25) is 0 Å². The molecule has 0 saturated heterocycles. The SMILES string of the molecule is O=C1OCC2=C1Nc1ccc3c(c1C2c1ccc(F)cc1)Cc1ccccc1-3. The maximum atomic E-state index is 13.6. The number of nitrogens with one attached hydrogen (secondary N) is 1. The summed E-state index contributed by atoms with van der Waals surface area (Å²) < 4.78 is 18.9. The zero-order chi connectivity index (χ0) is 18.8. The zero-order valence-electron chi connectivity index (χ0n) is 15.0. The topological polar surface area (TPSA) is 38.3 Å². The maximum absolute atomic E-state index is 13.6. The number of carbonyl (C=O) groups excluding carboxylic acids is 1. The Hall–Kier alpha value is -3.40. The first-order chi connectivity index (χ1) is 13.7. The van der Waals surface area contributed by atoms with Crippen LogP contribution < -0.4 is 5.32 Å². The Morgan fingerprint density at radius 2 is 1.79 bits per heavy atom. The van der Waals surface area contributed by atoms with Crippen LogP contribution in [0.25, 0.3) is 11.1 Å². The monoisotopic (exact) mass is 369 g/mol. The van der Waals surface area contributed by atoms with Gasteiger partial charge in [0.25, 0.3) is 0 Å². The standard InChI is InChI=1S/C24H16FNO2/c25-15-7-5-13(6-8-15)21-19-12-28-24(27)23(19)26-20-10-9-17-16-4-2-1-3-14(16)11-18(17)22(20)21/h1-10,21,26H,11-12H2. The Morgan fingerprint density at radius 1 is 0.964 bits per heavy atom. The number of anilines is 1. The minimum Gasteiger partial charge on any atom is -0.456 e. The Bertz CT molecular complexity index is 1190. The highest BCUT2D eigenvalue weighted by Crippen LogP contribution is 2.50. The molecule has 4 heteroatoms. The van der Waals surface area contributed by atoms with E-state index in [0.717, 1.165) is 28.8 Å². The second kappa shape index (κ2) is 5.55. The molecule has 0 fully saturated rings. The third-order valence-electron chi connectivity index (χ3n) is 6.02. The van der Waals surface area contributed by atoms with Crippen molar-refractivity contribution in [2.24, 2.45) is 0 Å². The molecule has 0 saturated carbocycles. The molecule has 0 amide bonds. The van der Waals surface area contributed by atoms with E-state index in [2.05, 4.69) is 35.6 Å². The fourth-order valence-corrected chi connectivity index (χ4v) is 4.78. The van der Waals surface area contributed by atoms with Gasteiger partial charge in [-0.25, -0.2) is 9.18 Å². The van der Waals surface area contributed by atoms with E-state index >= 15 is 0 Å². The molecule has 3 aromatic rings. The molecule has 1 N–H and O–H groups in total. The van der Waals surface area contributed by atoms with Crippen molar-refractivity contribution in [2.75, 3.05) is 11.9 Å². The van der Waals surface area contributed by atoms with E-state index in [0.29, 0.717) is 5.70 Å². The highest BCUT2D eigenvalue weighted by Gasteiger charge is 2.39. The molecule has 28 heavy (non-hydrogen) atoms. The van der Waals surface area contributed by atoms with E-state index in [1.54, 1.807) is 0 Å². The summed E-state index contributed by atoms with van der Waals surface area (Å²) >= 11 is 0. The van der Waals surface area contributed by atoms with Crippen molar-refractivity contribution in [1.82, 2.24) is 0 Å². The summed E-state index contributed by atoms with van der Waals surface area (Å²) in [6.45, 7) is 0.263. The molecule has 0 aromatic heterocycles. The molecule has 0 radical (unpaired) electrons. The van der Waals surface area contributed by atoms with Gasteiger partial charge in [-0.1, -0.05) is 42.5 Å². The lowest BCUT2D eigenvalue weighted by molar-refractivity contribution is -0.135. The molecule has 1 atom stereocenters. The largest absolute Gasteiger partial charge is 0.456 e. The average Bonchev–Trinajstić information content (AvgIpc) is 3.28. The quantitative estimate of drug-likeness (QED) is 0.492. The van der Waals surface area contributed by atoms with E-state index in [1.807, 2.05) is 18.2 Å². The van der Waals surface area contributed by atoms with Crippen LogP contribution in [0.5, 0.6) is 0 Å². The molecule has 1 aliphatic carbocycles. The molecule has 2 heterocycles. The molecule has 0 bridgehead atoms. The van der Waals surface area contributed by atoms with Gasteiger partial charge in [-0.2, -0.15) is 0 Å². The van der Waals surface area contributed by atoms with Crippen LogP contribution in [-0.2, 0) is 16.0 Å². The number of carbonyl (C=O) groups is 1. The third kappa shape index (κ3) is 2.06. The second-order valence-electron chi connectivity index (χ2n) is 7.47. The summed E-state index contributed by atoms with van der Waals surface area (Å²) in [6, 6.07) is 19.2. The first kappa shape index (κ1) is 15.6. The summed E-state index contributed by atoms with van der Waals surface area (Å²) in [6.07, 6.45) is 0.853. The van der Waals surface area contributed by atoms with Crippen LogP contribution in [0.4, 0.5) is 10.1 Å². The predicted molar refractivity (Wildman–Crippen MR) is 105 cm³/mol. The number of ether oxygens (including phenoxy) is 1. The van der Waals surface area contributed by atoms with Gasteiger partial charge in [0.15, 0.2) is 0 Å². The molecule has 6 rings (SSSR count). The van der Waals surface area contributed by atoms with Gasteiger partial charge in [0.05, 0.1) is 0 Å². The minimum absolute atomic E-state index is 0.123. The van der Waals surface area contributed by atoms with Gasteiger partial charge < -0.3 is 10.1 Å². The second-order valence-corrected chi connectivity index (χ2v) is 7.47. The van der Waals surface area contributed by atoms with Crippen molar-refractivity contribution in [3.05, 3.63) is 100 Å². The molecule has 2 aliphatic heterocycles. The Balaban J connectivity index is 1.61. The Kier molecular flexibility index (Phi) is 3.10. The highest BCUT2D eigenvalue weighted by atomic mass is 19.1. The van der Waals surface area contributed by atoms with Gasteiger partial charge in [0.1, 0.15) is 18.1 Å². The first-order valence-electron chi connectivity index (χ1n) is 9.37. The normalized spacial score (nSPS) is 18.8. The van der Waals surface area contributed by atoms with Crippen LogP contribution in [-0.4, -0.2) is 12.6 Å². The van der Waals surface area contributed by atoms with Gasteiger partial charge in [-0.3, -0.25) is 0 Å². The lowest BCUT2D eigenvalue weighted by atomic mass is 9.78. The summed E-state index contributed by atoms with van der Waals surface area (Å²) in [5, 5.41) is 3.31. The smallest absolute Gasteiger partial charge is 0.355 e. The Morgan fingerprint density at radius 3 is 2.64 bits per heavy atom. The van der Waals surface area contributed by atoms with Crippen LogP contribution in [0.2, 0.25) is 0 Å². The number of hydrogen-bond acceptors (Lipinski definition) is 3. The first-order valence-corrected chi connectivity index (χ1v) is 9.37. The highest BCUT2D eigenvalue weighted by molar-refractivity contribution is 5.98. The average molecular weight is 369 g/mol. The number of halogens is 1. The van der Waals surface area contributed by atoms with Crippen molar-refractivity contribution in [3.8, 4) is 11.1 Å². The number of benzene rings is 3. The van der Waals surface area contributed by atoms with E-state index in [1.165, 1.54) is 34.4 Å². The van der Waals surface area contributed by atoms with Crippen LogP contribution in [0, 0.1) is 5.82 Å². The fourth-order valence-electron chi connectivity index (χ4n) is 4.78. The maximum Gasteiger partial charge on any atom is 0.355 e. The van der Waals surface area contributed by atoms with Gasteiger partial charge in [-0.05, 0) is 58.0 Å². The fraction of sp³-hybridized carbons (Fsp3) is 0.125. The molecule has 0 spiro atoms. The van der Waals surface area contributed by atoms with Crippen LogP contribution in [0.15, 0.2) is 71.9 Å². The molecule has 3 aromatic carbocycles. The van der Waals surface area contributed by atoms with Gasteiger partial charge in [-0.15, -0.1) is 0 Å². The van der Waals surface area contributed by atoms with Gasteiger partial charge >= 0.3 is 5.97 Å². The van der Waals surface area contributed by atoms with Crippen LogP contribution in [0.3, 0.4) is 0 Å². The van der Waals surface area contributed by atoms with E-state index in [-0.39, 0.29) is 24.3 Å². The minimum atomic E-state index is -0.323. The van der Waals surface area contributed by atoms with E-state index in [4.69, 9.17) is 4.74 Å². The van der Waals surface area contributed by atoms with Crippen molar-refractivity contribution in [1.29, 1.82) is 0 Å². The summed E-state index contributed by atoms with van der Waals surface area (Å²) in [5.74, 6) is -0.712. The van der Waals surface area contributed by atoms with Crippen molar-refractivity contribution in [3.63, 3.8) is 0 Å². The number of rotatable bonds is 1. The lowest BCUT2D eigenvalue weighted by Crippen LogP contribution is -2.21. The summed E-state index contributed by atoms with van der Waals surface area (Å²) in [4.78, 5) is 12.3. The van der Waals surface area contributed by atoms with Crippen LogP contribution in [0.1, 0.15) is 28.2 Å². The van der Waals surface area contributed by atoms with Crippen molar-refractivity contribution >= 4 is 11.7 Å².